The van der Waals surface area contributed by atoms with Crippen molar-refractivity contribution in [3.63, 3.8) is 0 Å². The van der Waals surface area contributed by atoms with Gasteiger partial charge < -0.3 is 10.7 Å². The fourth-order valence-electron chi connectivity index (χ4n) is 1.43. The van der Waals surface area contributed by atoms with Gasteiger partial charge in [0.2, 0.25) is 0 Å². The summed E-state index contributed by atoms with van der Waals surface area (Å²) in [5.41, 5.74) is 1.97. The van der Waals surface area contributed by atoms with Gasteiger partial charge in [-0.3, -0.25) is 4.79 Å². The van der Waals surface area contributed by atoms with Crippen molar-refractivity contribution in [3.05, 3.63) is 45.0 Å². The highest BCUT2D eigenvalue weighted by Crippen LogP contribution is 2.21. The topological polar surface area (TPSA) is 80.0 Å². The van der Waals surface area contributed by atoms with Crippen molar-refractivity contribution in [2.24, 2.45) is 5.84 Å². The third-order valence-corrected chi connectivity index (χ3v) is 3.55. The number of carbonyl (C=O) groups excluding carboxylic acids is 1. The molecule has 0 aliphatic heterocycles. The summed E-state index contributed by atoms with van der Waals surface area (Å²) in [4.78, 5) is 16.4. The molecule has 0 fully saturated rings. The Kier molecular flexibility index (Phi) is 4.31. The molecule has 1 amide bonds. The van der Waals surface area contributed by atoms with E-state index >= 15 is 0 Å². The van der Waals surface area contributed by atoms with Crippen molar-refractivity contribution in [1.29, 1.82) is 0 Å². The predicted octanol–water partition coefficient (Wildman–Crippen LogP) is 2.15. The minimum atomic E-state index is -0.785. The van der Waals surface area contributed by atoms with Crippen LogP contribution in [0.5, 0.6) is 0 Å². The van der Waals surface area contributed by atoms with Gasteiger partial charge in [0, 0.05) is 11.1 Å². The summed E-state index contributed by atoms with van der Waals surface area (Å²) in [6.07, 6.45) is 1.30. The van der Waals surface area contributed by atoms with E-state index < -0.39 is 11.7 Å². The second kappa shape index (κ2) is 5.96. The predicted molar refractivity (Wildman–Crippen MR) is 72.5 cm³/mol. The number of hydrogen-bond donors (Lipinski definition) is 3. The maximum absolute atomic E-state index is 13.8. The quantitative estimate of drug-likeness (QED) is 0.597. The number of thiophene rings is 1. The zero-order valence-electron chi connectivity index (χ0n) is 9.61. The zero-order valence-corrected chi connectivity index (χ0v) is 11.2. The number of anilines is 1. The fourth-order valence-corrected chi connectivity index (χ4v) is 2.46. The third-order valence-electron chi connectivity index (χ3n) is 2.32. The maximum Gasteiger partial charge on any atom is 0.254 e. The maximum atomic E-state index is 13.8. The molecule has 2 aromatic rings. The van der Waals surface area contributed by atoms with Gasteiger partial charge in [0.1, 0.15) is 0 Å². The van der Waals surface area contributed by atoms with Crippen LogP contribution in [-0.4, -0.2) is 10.9 Å². The van der Waals surface area contributed by atoms with Crippen LogP contribution >= 0.6 is 22.9 Å². The molecule has 0 aromatic carbocycles. The molecule has 2 rings (SSSR count). The Morgan fingerprint density at radius 1 is 1.47 bits per heavy atom. The fraction of sp³-hybridized carbons (Fsp3) is 0.0909. The number of amides is 1. The van der Waals surface area contributed by atoms with Crippen LogP contribution in [0, 0.1) is 5.82 Å². The Hall–Kier alpha value is -1.70. The lowest BCUT2D eigenvalue weighted by Crippen LogP contribution is -2.24. The molecule has 0 aliphatic rings. The summed E-state index contributed by atoms with van der Waals surface area (Å²) < 4.78 is 14.4. The summed E-state index contributed by atoms with van der Waals surface area (Å²) in [5, 5.41) is 2.60. The van der Waals surface area contributed by atoms with Crippen LogP contribution in [0.4, 0.5) is 10.2 Å². The van der Waals surface area contributed by atoms with Gasteiger partial charge in [0.05, 0.1) is 16.4 Å². The van der Waals surface area contributed by atoms with E-state index in [1.54, 1.807) is 12.1 Å². The first-order valence-corrected chi connectivity index (χ1v) is 6.45. The molecule has 19 heavy (non-hydrogen) atoms. The molecule has 0 unspecified atom stereocenters. The molecular weight excluding hydrogens is 291 g/mol. The molecule has 2 aromatic heterocycles. The molecule has 0 saturated heterocycles. The molecular formula is C11H10ClFN4OS. The van der Waals surface area contributed by atoms with Crippen LogP contribution in [0.2, 0.25) is 4.34 Å². The first-order chi connectivity index (χ1) is 9.11. The number of nitrogens with zero attached hydrogens (tertiary/aromatic N) is 1. The van der Waals surface area contributed by atoms with Crippen molar-refractivity contribution in [1.82, 2.24) is 10.3 Å². The number of halogens is 2. The van der Waals surface area contributed by atoms with Crippen LogP contribution in [0.15, 0.2) is 24.4 Å². The Labute approximate surface area is 117 Å². The van der Waals surface area contributed by atoms with Gasteiger partial charge in [-0.15, -0.1) is 11.3 Å². The summed E-state index contributed by atoms with van der Waals surface area (Å²) in [6.45, 7) is 0.281. The van der Waals surface area contributed by atoms with E-state index in [4.69, 9.17) is 17.4 Å². The number of nitrogens with one attached hydrogen (secondary N) is 2. The average molecular weight is 301 g/mol. The first kappa shape index (κ1) is 13.7. The summed E-state index contributed by atoms with van der Waals surface area (Å²) in [6, 6.07) is 4.81. The molecule has 4 N–H and O–H groups in total. The number of carbonyl (C=O) groups is 1. The first-order valence-electron chi connectivity index (χ1n) is 5.25. The number of aromatic nitrogens is 1. The molecule has 8 heteroatoms. The lowest BCUT2D eigenvalue weighted by molar-refractivity contribution is 0.0947. The van der Waals surface area contributed by atoms with Crippen molar-refractivity contribution in [3.8, 4) is 0 Å². The number of hydrazine groups is 1. The van der Waals surface area contributed by atoms with E-state index in [9.17, 15) is 9.18 Å². The van der Waals surface area contributed by atoms with Crippen molar-refractivity contribution in [2.45, 2.75) is 6.54 Å². The number of hydrogen-bond acceptors (Lipinski definition) is 5. The highest BCUT2D eigenvalue weighted by molar-refractivity contribution is 7.16. The highest BCUT2D eigenvalue weighted by Gasteiger charge is 2.15. The minimum Gasteiger partial charge on any atom is -0.347 e. The van der Waals surface area contributed by atoms with Crippen molar-refractivity contribution < 1.29 is 9.18 Å². The normalized spacial score (nSPS) is 10.3. The van der Waals surface area contributed by atoms with E-state index in [1.165, 1.54) is 23.6 Å². The van der Waals surface area contributed by atoms with Gasteiger partial charge in [-0.05, 0) is 18.2 Å². The molecule has 0 spiro atoms. The van der Waals surface area contributed by atoms with Crippen molar-refractivity contribution in [2.75, 3.05) is 5.43 Å². The number of nitrogen functional groups attached to an aromatic ring is 1. The minimum absolute atomic E-state index is 0.120. The Morgan fingerprint density at radius 3 is 2.89 bits per heavy atom. The summed E-state index contributed by atoms with van der Waals surface area (Å²) >= 11 is 7.12. The van der Waals surface area contributed by atoms with Gasteiger partial charge in [0.25, 0.3) is 5.91 Å². The lowest BCUT2D eigenvalue weighted by Gasteiger charge is -2.07. The molecule has 0 bridgehead atoms. The summed E-state index contributed by atoms with van der Waals surface area (Å²) in [5.74, 6) is 3.59. The monoisotopic (exact) mass is 300 g/mol. The van der Waals surface area contributed by atoms with E-state index in [0.717, 1.165) is 4.88 Å². The van der Waals surface area contributed by atoms with Gasteiger partial charge in [0.15, 0.2) is 11.6 Å². The van der Waals surface area contributed by atoms with E-state index in [1.807, 2.05) is 0 Å². The van der Waals surface area contributed by atoms with Crippen LogP contribution in [0.25, 0.3) is 0 Å². The number of nitrogens with two attached hydrogens (primary N) is 1. The van der Waals surface area contributed by atoms with E-state index in [-0.39, 0.29) is 17.9 Å². The van der Waals surface area contributed by atoms with Crippen LogP contribution in [0.1, 0.15) is 15.2 Å². The Bertz CT molecular complexity index is 604. The Morgan fingerprint density at radius 2 is 2.26 bits per heavy atom. The SMILES string of the molecule is NNc1nccc(C(=O)NCc2ccc(Cl)s2)c1F. The third kappa shape index (κ3) is 3.19. The second-order valence-corrected chi connectivity index (χ2v) is 5.35. The van der Waals surface area contributed by atoms with Gasteiger partial charge in [-0.1, -0.05) is 11.6 Å². The largest absolute Gasteiger partial charge is 0.347 e. The molecule has 0 radical (unpaired) electrons. The standard InChI is InChI=1S/C11H10ClFN4OS/c12-8-2-1-6(19-8)5-16-11(18)7-3-4-15-10(17-14)9(7)13/h1-4H,5,14H2,(H,15,17)(H,16,18). The van der Waals surface area contributed by atoms with Gasteiger partial charge >= 0.3 is 0 Å². The van der Waals surface area contributed by atoms with Crippen LogP contribution in [0.3, 0.4) is 0 Å². The zero-order chi connectivity index (χ0) is 13.8. The van der Waals surface area contributed by atoms with Crippen molar-refractivity contribution >= 4 is 34.7 Å². The van der Waals surface area contributed by atoms with Crippen LogP contribution in [-0.2, 0) is 6.54 Å². The lowest BCUT2D eigenvalue weighted by atomic mass is 10.2. The number of rotatable bonds is 4. The molecule has 0 atom stereocenters. The smallest absolute Gasteiger partial charge is 0.254 e. The van der Waals surface area contributed by atoms with E-state index in [0.29, 0.717) is 4.34 Å². The van der Waals surface area contributed by atoms with E-state index in [2.05, 4.69) is 15.7 Å². The second-order valence-electron chi connectivity index (χ2n) is 3.55. The van der Waals surface area contributed by atoms with Gasteiger partial charge in [-0.25, -0.2) is 15.2 Å². The highest BCUT2D eigenvalue weighted by atomic mass is 35.5. The number of pyridine rings is 1. The molecule has 0 aliphatic carbocycles. The summed E-state index contributed by atoms with van der Waals surface area (Å²) in [7, 11) is 0. The van der Waals surface area contributed by atoms with Crippen LogP contribution < -0.4 is 16.6 Å². The average Bonchev–Trinajstić information content (AvgIpc) is 2.82. The molecule has 100 valence electrons. The molecule has 0 saturated carbocycles. The molecule has 2 heterocycles. The Balaban J connectivity index is 2.08. The molecule has 5 nitrogen and oxygen atoms in total. The van der Waals surface area contributed by atoms with Gasteiger partial charge in [-0.2, -0.15) is 0 Å².